The van der Waals surface area contributed by atoms with Gasteiger partial charge in [0.1, 0.15) is 0 Å². The summed E-state index contributed by atoms with van der Waals surface area (Å²) in [5.41, 5.74) is 0. The molecule has 0 atom stereocenters. The van der Waals surface area contributed by atoms with Crippen molar-refractivity contribution in [1.29, 1.82) is 0 Å². The SMILES string of the molecule is OC=CCN(CC=CO)c1ccnnn1. The molecule has 6 nitrogen and oxygen atoms in total. The lowest BCUT2D eigenvalue weighted by Gasteiger charge is -2.18. The van der Waals surface area contributed by atoms with Gasteiger partial charge in [-0.05, 0) is 17.4 Å². The number of hydrogen-bond acceptors (Lipinski definition) is 6. The molecule has 80 valence electrons. The third-order valence-electron chi connectivity index (χ3n) is 1.68. The fourth-order valence-corrected chi connectivity index (χ4v) is 1.01. The molecular weight excluding hydrogens is 196 g/mol. The van der Waals surface area contributed by atoms with Gasteiger partial charge in [0.25, 0.3) is 0 Å². The summed E-state index contributed by atoms with van der Waals surface area (Å²) in [6, 6.07) is 1.70. The van der Waals surface area contributed by atoms with Gasteiger partial charge in [0.05, 0.1) is 18.7 Å². The highest BCUT2D eigenvalue weighted by Crippen LogP contribution is 2.06. The lowest BCUT2D eigenvalue weighted by Crippen LogP contribution is -2.24. The molecule has 0 bridgehead atoms. The second-order valence-electron chi connectivity index (χ2n) is 2.65. The number of hydrogen-bond donors (Lipinski definition) is 2. The molecule has 1 aromatic rings. The van der Waals surface area contributed by atoms with Crippen molar-refractivity contribution in [3.8, 4) is 0 Å². The van der Waals surface area contributed by atoms with Gasteiger partial charge in [0.2, 0.25) is 0 Å². The van der Waals surface area contributed by atoms with E-state index < -0.39 is 0 Å². The number of aliphatic hydroxyl groups is 2. The number of nitrogens with zero attached hydrogens (tertiary/aromatic N) is 4. The predicted molar refractivity (Wildman–Crippen MR) is 55.6 cm³/mol. The van der Waals surface area contributed by atoms with Crippen LogP contribution in [0.1, 0.15) is 0 Å². The summed E-state index contributed by atoms with van der Waals surface area (Å²) in [7, 11) is 0. The average Bonchev–Trinajstić information content (AvgIpc) is 2.30. The Labute approximate surface area is 87.2 Å². The number of aliphatic hydroxyl groups excluding tert-OH is 2. The smallest absolute Gasteiger partial charge is 0.155 e. The van der Waals surface area contributed by atoms with E-state index in [0.717, 1.165) is 12.5 Å². The Morgan fingerprint density at radius 2 is 1.87 bits per heavy atom. The molecule has 0 aromatic carbocycles. The second kappa shape index (κ2) is 6.36. The van der Waals surface area contributed by atoms with Crippen LogP contribution < -0.4 is 4.90 Å². The molecule has 0 saturated carbocycles. The minimum Gasteiger partial charge on any atom is -0.516 e. The van der Waals surface area contributed by atoms with Crippen molar-refractivity contribution in [3.63, 3.8) is 0 Å². The summed E-state index contributed by atoms with van der Waals surface area (Å²) in [4.78, 5) is 1.80. The Kier molecular flexibility index (Phi) is 4.65. The van der Waals surface area contributed by atoms with E-state index in [-0.39, 0.29) is 0 Å². The van der Waals surface area contributed by atoms with Crippen molar-refractivity contribution in [2.45, 2.75) is 0 Å². The predicted octanol–water partition coefficient (Wildman–Crippen LogP) is 0.821. The quantitative estimate of drug-likeness (QED) is 0.697. The third-order valence-corrected chi connectivity index (χ3v) is 1.68. The second-order valence-corrected chi connectivity index (χ2v) is 2.65. The van der Waals surface area contributed by atoms with E-state index in [1.807, 2.05) is 0 Å². The molecule has 2 N–H and O–H groups in total. The lowest BCUT2D eigenvalue weighted by atomic mass is 10.4. The van der Waals surface area contributed by atoms with E-state index in [1.165, 1.54) is 6.20 Å². The summed E-state index contributed by atoms with van der Waals surface area (Å²) < 4.78 is 0. The van der Waals surface area contributed by atoms with Crippen LogP contribution in [0.4, 0.5) is 5.82 Å². The first kappa shape index (κ1) is 11.0. The molecule has 0 spiro atoms. The van der Waals surface area contributed by atoms with E-state index in [4.69, 9.17) is 10.2 Å². The van der Waals surface area contributed by atoms with Crippen molar-refractivity contribution in [2.24, 2.45) is 0 Å². The van der Waals surface area contributed by atoms with E-state index in [0.29, 0.717) is 18.9 Å². The van der Waals surface area contributed by atoms with Crippen LogP contribution in [0.3, 0.4) is 0 Å². The normalized spacial score (nSPS) is 11.2. The maximum absolute atomic E-state index is 8.56. The number of aromatic nitrogens is 3. The molecule has 0 aliphatic carbocycles. The number of rotatable bonds is 5. The van der Waals surface area contributed by atoms with E-state index in [9.17, 15) is 0 Å². The Bertz CT molecular complexity index is 312. The van der Waals surface area contributed by atoms with Gasteiger partial charge in [-0.25, -0.2) is 0 Å². The van der Waals surface area contributed by atoms with Gasteiger partial charge in [-0.15, -0.1) is 10.2 Å². The largest absolute Gasteiger partial charge is 0.516 e. The van der Waals surface area contributed by atoms with Crippen molar-refractivity contribution in [1.82, 2.24) is 15.4 Å². The first-order valence-corrected chi connectivity index (χ1v) is 4.36. The van der Waals surface area contributed by atoms with Gasteiger partial charge >= 0.3 is 0 Å². The summed E-state index contributed by atoms with van der Waals surface area (Å²) in [5, 5.41) is 28.0. The van der Waals surface area contributed by atoms with Gasteiger partial charge in [-0.3, -0.25) is 0 Å². The maximum Gasteiger partial charge on any atom is 0.155 e. The summed E-state index contributed by atoms with van der Waals surface area (Å²) in [6.45, 7) is 0.944. The fraction of sp³-hybridized carbons (Fsp3) is 0.222. The molecule has 0 unspecified atom stereocenters. The van der Waals surface area contributed by atoms with E-state index >= 15 is 0 Å². The van der Waals surface area contributed by atoms with Crippen LogP contribution in [-0.2, 0) is 0 Å². The zero-order valence-electron chi connectivity index (χ0n) is 8.06. The molecule has 0 amide bonds. The molecule has 1 rings (SSSR count). The topological polar surface area (TPSA) is 82.4 Å². The average molecular weight is 208 g/mol. The zero-order valence-corrected chi connectivity index (χ0v) is 8.06. The molecule has 0 fully saturated rings. The molecule has 1 heterocycles. The van der Waals surface area contributed by atoms with Crippen LogP contribution in [0.15, 0.2) is 36.9 Å². The highest BCUT2D eigenvalue weighted by molar-refractivity contribution is 5.37. The maximum atomic E-state index is 8.56. The van der Waals surface area contributed by atoms with Crippen molar-refractivity contribution in [3.05, 3.63) is 36.9 Å². The highest BCUT2D eigenvalue weighted by atomic mass is 16.2. The molecular formula is C9H12N4O2. The monoisotopic (exact) mass is 208 g/mol. The Morgan fingerprint density at radius 3 is 2.33 bits per heavy atom. The van der Waals surface area contributed by atoms with Crippen molar-refractivity contribution < 1.29 is 10.2 Å². The van der Waals surface area contributed by atoms with Gasteiger partial charge < -0.3 is 15.1 Å². The van der Waals surface area contributed by atoms with Crippen LogP contribution in [0.2, 0.25) is 0 Å². The summed E-state index contributed by atoms with van der Waals surface area (Å²) in [5.74, 6) is 0.626. The van der Waals surface area contributed by atoms with Gasteiger partial charge in [0.15, 0.2) is 5.82 Å². The van der Waals surface area contributed by atoms with Crippen molar-refractivity contribution >= 4 is 5.82 Å². The first-order valence-electron chi connectivity index (χ1n) is 4.36. The summed E-state index contributed by atoms with van der Waals surface area (Å²) in [6.07, 6.45) is 6.58. The van der Waals surface area contributed by atoms with Crippen LogP contribution in [0.25, 0.3) is 0 Å². The Morgan fingerprint density at radius 1 is 1.20 bits per heavy atom. The Balaban J connectivity index is 2.71. The molecule has 0 radical (unpaired) electrons. The molecule has 0 aliphatic rings. The highest BCUT2D eigenvalue weighted by Gasteiger charge is 2.04. The minimum atomic E-state index is 0.472. The molecule has 1 aromatic heterocycles. The summed E-state index contributed by atoms with van der Waals surface area (Å²) >= 11 is 0. The van der Waals surface area contributed by atoms with Crippen LogP contribution in [0.5, 0.6) is 0 Å². The van der Waals surface area contributed by atoms with Gasteiger partial charge in [-0.2, -0.15) is 0 Å². The molecule has 0 aliphatic heterocycles. The molecule has 6 heteroatoms. The lowest BCUT2D eigenvalue weighted by molar-refractivity contribution is 0.470. The van der Waals surface area contributed by atoms with Crippen LogP contribution in [-0.4, -0.2) is 38.7 Å². The van der Waals surface area contributed by atoms with Crippen LogP contribution in [0, 0.1) is 0 Å². The Hall–Kier alpha value is -2.11. The third kappa shape index (κ3) is 3.63. The van der Waals surface area contributed by atoms with Crippen LogP contribution >= 0.6 is 0 Å². The first-order chi connectivity index (χ1) is 7.38. The zero-order chi connectivity index (χ0) is 10.9. The fourth-order valence-electron chi connectivity index (χ4n) is 1.01. The van der Waals surface area contributed by atoms with E-state index in [2.05, 4.69) is 15.4 Å². The standard InChI is InChI=1S/C9H12N4O2/c14-7-1-5-13(6-2-8-15)9-3-4-10-12-11-9/h1-4,7-8,14-15H,5-6H2. The number of anilines is 1. The molecule has 0 saturated heterocycles. The van der Waals surface area contributed by atoms with Gasteiger partial charge in [0, 0.05) is 19.2 Å². The van der Waals surface area contributed by atoms with E-state index in [1.54, 1.807) is 23.1 Å². The molecule has 15 heavy (non-hydrogen) atoms. The minimum absolute atomic E-state index is 0.472. The van der Waals surface area contributed by atoms with Crippen molar-refractivity contribution in [2.75, 3.05) is 18.0 Å². The van der Waals surface area contributed by atoms with Gasteiger partial charge in [-0.1, -0.05) is 0 Å².